The zero-order valence-electron chi connectivity index (χ0n) is 10.6. The maximum Gasteiger partial charge on any atom is 0.334 e. The molecule has 0 aliphatic heterocycles. The van der Waals surface area contributed by atoms with Crippen molar-refractivity contribution >= 4 is 12.4 Å². The number of halogens is 1. The third-order valence-corrected chi connectivity index (χ3v) is 3.19. The van der Waals surface area contributed by atoms with E-state index in [0.29, 0.717) is 12.0 Å². The van der Waals surface area contributed by atoms with Gasteiger partial charge in [-0.05, 0) is 38.0 Å². The fraction of sp³-hybridized carbons (Fsp3) is 0.385. The largest absolute Gasteiger partial charge is 0.479 e. The highest BCUT2D eigenvalue weighted by atomic mass is 19.1. The molecule has 1 unspecified atom stereocenters. The number of carboxylic acid groups (broad SMARTS) is 1. The Balaban J connectivity index is 3.39. The van der Waals surface area contributed by atoms with Crippen LogP contribution in [0.4, 0.5) is 4.39 Å². The first-order valence-electron chi connectivity index (χ1n) is 5.60. The smallest absolute Gasteiger partial charge is 0.334 e. The van der Waals surface area contributed by atoms with Gasteiger partial charge in [0.15, 0.2) is 5.54 Å². The molecule has 0 radical (unpaired) electrons. The van der Waals surface area contributed by atoms with Crippen LogP contribution >= 0.6 is 0 Å². The Kier molecular flexibility index (Phi) is 4.06. The maximum absolute atomic E-state index is 13.5. The van der Waals surface area contributed by atoms with Crippen LogP contribution in [0.15, 0.2) is 18.2 Å². The van der Waals surface area contributed by atoms with E-state index in [1.807, 2.05) is 0 Å². The van der Waals surface area contributed by atoms with Gasteiger partial charge in [0.25, 0.3) is 0 Å². The molecule has 1 rings (SSSR count). The molecule has 4 nitrogen and oxygen atoms in total. The molecular weight excluding hydrogens is 237 g/mol. The molecule has 1 N–H and O–H groups in total. The lowest BCUT2D eigenvalue weighted by molar-refractivity contribution is -0.154. The van der Waals surface area contributed by atoms with Crippen LogP contribution in [0.5, 0.6) is 0 Å². The second-order valence-electron chi connectivity index (χ2n) is 4.23. The number of carbonyl (C=O) groups excluding carboxylic acids is 1. The summed E-state index contributed by atoms with van der Waals surface area (Å²) in [5.74, 6) is -1.68. The molecule has 0 aliphatic carbocycles. The lowest BCUT2D eigenvalue weighted by atomic mass is 9.89. The third-order valence-electron chi connectivity index (χ3n) is 3.19. The molecule has 18 heavy (non-hydrogen) atoms. The van der Waals surface area contributed by atoms with Crippen LogP contribution in [0.2, 0.25) is 0 Å². The summed E-state index contributed by atoms with van der Waals surface area (Å²) >= 11 is 0. The fourth-order valence-corrected chi connectivity index (χ4v) is 1.80. The van der Waals surface area contributed by atoms with Crippen molar-refractivity contribution in [2.45, 2.75) is 26.3 Å². The quantitative estimate of drug-likeness (QED) is 0.815. The van der Waals surface area contributed by atoms with Crippen LogP contribution in [0.1, 0.15) is 25.0 Å². The first kappa shape index (κ1) is 14.2. The van der Waals surface area contributed by atoms with Gasteiger partial charge in [-0.25, -0.2) is 9.18 Å². The highest BCUT2D eigenvalue weighted by molar-refractivity contribution is 5.82. The van der Waals surface area contributed by atoms with Crippen LogP contribution in [0.3, 0.4) is 0 Å². The Morgan fingerprint density at radius 3 is 2.56 bits per heavy atom. The van der Waals surface area contributed by atoms with Crippen LogP contribution < -0.4 is 0 Å². The van der Waals surface area contributed by atoms with E-state index in [9.17, 15) is 19.1 Å². The minimum Gasteiger partial charge on any atom is -0.479 e. The summed E-state index contributed by atoms with van der Waals surface area (Å²) in [5, 5.41) is 9.36. The molecule has 0 aliphatic rings. The molecule has 0 aromatic heterocycles. The van der Waals surface area contributed by atoms with Gasteiger partial charge in [-0.3, -0.25) is 4.79 Å². The van der Waals surface area contributed by atoms with E-state index in [2.05, 4.69) is 0 Å². The monoisotopic (exact) mass is 253 g/mol. The number of carboxylic acids is 1. The van der Waals surface area contributed by atoms with Crippen LogP contribution in [0, 0.1) is 12.7 Å². The summed E-state index contributed by atoms with van der Waals surface area (Å²) in [7, 11) is 0. The summed E-state index contributed by atoms with van der Waals surface area (Å²) in [6.45, 7) is 4.87. The first-order chi connectivity index (χ1) is 8.37. The fourth-order valence-electron chi connectivity index (χ4n) is 1.80. The number of hydrogen-bond donors (Lipinski definition) is 1. The minimum absolute atomic E-state index is 0.224. The van der Waals surface area contributed by atoms with E-state index in [4.69, 9.17) is 0 Å². The third kappa shape index (κ3) is 2.20. The Hall–Kier alpha value is -1.91. The van der Waals surface area contributed by atoms with Crippen molar-refractivity contribution in [3.63, 3.8) is 0 Å². The zero-order chi connectivity index (χ0) is 13.9. The van der Waals surface area contributed by atoms with E-state index in [1.54, 1.807) is 13.8 Å². The van der Waals surface area contributed by atoms with E-state index in [-0.39, 0.29) is 12.1 Å². The lowest BCUT2D eigenvalue weighted by Crippen LogP contribution is -2.49. The van der Waals surface area contributed by atoms with E-state index >= 15 is 0 Å². The summed E-state index contributed by atoms with van der Waals surface area (Å²) in [4.78, 5) is 23.6. The van der Waals surface area contributed by atoms with Crippen LogP contribution in [-0.2, 0) is 15.1 Å². The molecule has 0 fully saturated rings. The van der Waals surface area contributed by atoms with Gasteiger partial charge in [-0.1, -0.05) is 12.1 Å². The molecule has 0 bridgehead atoms. The minimum atomic E-state index is -1.56. The Morgan fingerprint density at radius 1 is 1.56 bits per heavy atom. The van der Waals surface area contributed by atoms with Gasteiger partial charge in [0.2, 0.25) is 6.41 Å². The van der Waals surface area contributed by atoms with Gasteiger partial charge in [-0.15, -0.1) is 0 Å². The van der Waals surface area contributed by atoms with Gasteiger partial charge in [0.05, 0.1) is 0 Å². The van der Waals surface area contributed by atoms with Gasteiger partial charge >= 0.3 is 5.97 Å². The summed E-state index contributed by atoms with van der Waals surface area (Å²) < 4.78 is 13.5. The average Bonchev–Trinajstić information content (AvgIpc) is 2.33. The molecular formula is C13H16FNO3. The molecule has 0 saturated heterocycles. The number of hydrogen-bond acceptors (Lipinski definition) is 2. The standard InChI is InChI=1S/C13H16FNO3/c1-4-15(8-16)13(3,12(17)18)10-6-5-9(2)11(14)7-10/h5-8H,4H2,1-3H3,(H,17,18). The molecule has 0 heterocycles. The van der Waals surface area contributed by atoms with Crippen molar-refractivity contribution in [1.29, 1.82) is 0 Å². The molecule has 1 atom stereocenters. The van der Waals surface area contributed by atoms with Gasteiger partial charge in [-0.2, -0.15) is 0 Å². The average molecular weight is 253 g/mol. The molecule has 0 saturated carbocycles. The summed E-state index contributed by atoms with van der Waals surface area (Å²) in [6, 6.07) is 4.19. The normalized spacial score (nSPS) is 13.8. The van der Waals surface area contributed by atoms with Gasteiger partial charge in [0.1, 0.15) is 5.82 Å². The highest BCUT2D eigenvalue weighted by Gasteiger charge is 2.40. The van der Waals surface area contributed by atoms with Crippen molar-refractivity contribution in [3.05, 3.63) is 35.1 Å². The number of aryl methyl sites for hydroxylation is 1. The Labute approximate surface area is 105 Å². The van der Waals surface area contributed by atoms with Gasteiger partial charge in [0, 0.05) is 6.54 Å². The number of nitrogens with zero attached hydrogens (tertiary/aromatic N) is 1. The molecule has 5 heteroatoms. The summed E-state index contributed by atoms with van der Waals surface area (Å²) in [5.41, 5.74) is -0.891. The van der Waals surface area contributed by atoms with Crippen molar-refractivity contribution < 1.29 is 19.1 Å². The van der Waals surface area contributed by atoms with E-state index in [0.717, 1.165) is 11.0 Å². The number of aliphatic carboxylic acids is 1. The molecule has 1 amide bonds. The topological polar surface area (TPSA) is 57.6 Å². The van der Waals surface area contributed by atoms with E-state index in [1.165, 1.54) is 19.1 Å². The molecule has 98 valence electrons. The van der Waals surface area contributed by atoms with Crippen molar-refractivity contribution in [3.8, 4) is 0 Å². The predicted octanol–water partition coefficient (Wildman–Crippen LogP) is 1.91. The maximum atomic E-state index is 13.5. The first-order valence-corrected chi connectivity index (χ1v) is 5.60. The van der Waals surface area contributed by atoms with Gasteiger partial charge < -0.3 is 10.0 Å². The number of carbonyl (C=O) groups is 2. The van der Waals surface area contributed by atoms with Crippen molar-refractivity contribution in [1.82, 2.24) is 4.90 Å². The van der Waals surface area contributed by atoms with Crippen LogP contribution in [-0.4, -0.2) is 28.9 Å². The van der Waals surface area contributed by atoms with Crippen molar-refractivity contribution in [2.24, 2.45) is 0 Å². The second-order valence-corrected chi connectivity index (χ2v) is 4.23. The molecule has 0 spiro atoms. The second kappa shape index (κ2) is 5.16. The highest BCUT2D eigenvalue weighted by Crippen LogP contribution is 2.28. The molecule has 1 aromatic rings. The zero-order valence-corrected chi connectivity index (χ0v) is 10.6. The SMILES string of the molecule is CCN(C=O)C(C)(C(=O)O)c1ccc(C)c(F)c1. The van der Waals surface area contributed by atoms with Crippen molar-refractivity contribution in [2.75, 3.05) is 6.54 Å². The number of rotatable bonds is 5. The van der Waals surface area contributed by atoms with E-state index < -0.39 is 17.3 Å². The number of benzene rings is 1. The molecule has 1 aromatic carbocycles. The number of likely N-dealkylation sites (N-methyl/N-ethyl adjacent to an activating group) is 1. The van der Waals surface area contributed by atoms with Crippen LogP contribution in [0.25, 0.3) is 0 Å². The predicted molar refractivity (Wildman–Crippen MR) is 64.6 cm³/mol. The number of amides is 1. The lowest BCUT2D eigenvalue weighted by Gasteiger charge is -2.34. The Morgan fingerprint density at radius 2 is 2.17 bits per heavy atom. The Bertz CT molecular complexity index is 475. The summed E-state index contributed by atoms with van der Waals surface area (Å²) in [6.07, 6.45) is 0.464.